The molecule has 0 aliphatic rings. The van der Waals surface area contributed by atoms with Gasteiger partial charge in [0.25, 0.3) is 0 Å². The van der Waals surface area contributed by atoms with Crippen molar-refractivity contribution in [2.24, 2.45) is 0 Å². The van der Waals surface area contributed by atoms with Gasteiger partial charge in [-0.3, -0.25) is 0 Å². The second-order valence-electron chi connectivity index (χ2n) is 3.10. The molecule has 0 fully saturated rings. The van der Waals surface area contributed by atoms with Crippen LogP contribution in [0.2, 0.25) is 0 Å². The quantitative estimate of drug-likeness (QED) is 0.840. The molecule has 0 radical (unpaired) electrons. The Kier molecular flexibility index (Phi) is 1.26. The summed E-state index contributed by atoms with van der Waals surface area (Å²) in [6, 6.07) is 3.08. The number of benzene rings is 2. The Morgan fingerprint density at radius 2 is 1.94 bits per heavy atom. The van der Waals surface area contributed by atoms with Crippen molar-refractivity contribution in [3.63, 3.8) is 0 Å². The second kappa shape index (κ2) is 4.19. The van der Waals surface area contributed by atoms with E-state index in [-0.39, 0.29) is 16.7 Å². The lowest BCUT2D eigenvalue weighted by atomic mass is 9.99. The molecule has 0 aromatic heterocycles. The van der Waals surface area contributed by atoms with Gasteiger partial charge in [-0.05, 0) is 24.0 Å². The van der Waals surface area contributed by atoms with Gasteiger partial charge in [0.1, 0.15) is 0 Å². The summed E-state index contributed by atoms with van der Waals surface area (Å²) < 4.78 is 53.8. The van der Waals surface area contributed by atoms with Crippen molar-refractivity contribution in [3.8, 4) is 11.1 Å². The van der Waals surface area contributed by atoms with Crippen molar-refractivity contribution in [2.75, 3.05) is 0 Å². The molecule has 0 bridgehead atoms. The minimum absolute atomic E-state index is 0.00842. The lowest BCUT2D eigenvalue weighted by Crippen LogP contribution is -1.98. The summed E-state index contributed by atoms with van der Waals surface area (Å²) in [5, 5.41) is 9.23. The fourth-order valence-corrected chi connectivity index (χ4v) is 1.33. The number of carboxylic acid groups (broad SMARTS) is 1. The Hall–Kier alpha value is -2.09. The van der Waals surface area contributed by atoms with Gasteiger partial charge in [0.2, 0.25) is 0 Å². The molecule has 0 saturated carbocycles. The predicted octanol–water partition coefficient (Wildman–Crippen LogP) is 3.36. The number of hydrogen-bond acceptors (Lipinski definition) is 1. The van der Waals surface area contributed by atoms with E-state index < -0.39 is 42.6 Å². The highest BCUT2D eigenvalue weighted by Gasteiger charge is 2.09. The number of carbonyl (C=O) groups is 1. The molecule has 0 aliphatic carbocycles. The van der Waals surface area contributed by atoms with E-state index in [2.05, 4.69) is 0 Å². The molecule has 2 heteroatoms. The van der Waals surface area contributed by atoms with Gasteiger partial charge in [0.15, 0.2) is 0 Å². The van der Waals surface area contributed by atoms with Crippen LogP contribution in [0.1, 0.15) is 25.5 Å². The zero-order valence-electron chi connectivity index (χ0n) is 15.2. The monoisotopic (exact) mass is 219 g/mol. The van der Waals surface area contributed by atoms with Crippen molar-refractivity contribution < 1.29 is 19.5 Å². The van der Waals surface area contributed by atoms with Crippen molar-refractivity contribution in [3.05, 3.63) is 59.6 Å². The third-order valence-electron chi connectivity index (χ3n) is 2.05. The molecule has 0 heterocycles. The number of rotatable bonds is 2. The topological polar surface area (TPSA) is 37.3 Å². The van der Waals surface area contributed by atoms with Crippen molar-refractivity contribution in [1.82, 2.24) is 0 Å². The molecule has 0 amide bonds. The van der Waals surface area contributed by atoms with Crippen molar-refractivity contribution >= 4 is 5.97 Å². The van der Waals surface area contributed by atoms with Gasteiger partial charge in [-0.1, -0.05) is 47.9 Å². The van der Waals surface area contributed by atoms with Gasteiger partial charge in [0.05, 0.1) is 11.0 Å². The summed E-state index contributed by atoms with van der Waals surface area (Å²) in [7, 11) is 0. The first-order chi connectivity index (χ1) is 10.6. The molecule has 2 aromatic rings. The number of aromatic carboxylic acids is 1. The molecular weight excluding hydrogens is 200 g/mol. The lowest BCUT2D eigenvalue weighted by molar-refractivity contribution is 0.0698. The maximum atomic E-state index is 11.3. The summed E-state index contributed by atoms with van der Waals surface area (Å²) in [5.74, 6) is -1.28. The molecule has 0 saturated heterocycles. The zero-order chi connectivity index (χ0) is 17.5. The molecule has 1 N–H and O–H groups in total. The molecule has 0 spiro atoms. The molecule has 0 aliphatic heterocycles. The minimum atomic E-state index is -2.80. The standard InChI is InChI=1S/C14H12O2/c1-10-6-8-11(9-7-10)12-4-2-3-5-13(12)14(15)16/h2-9H,1H3,(H,15,16)/i1D3,6D,7D,8D,9D. The van der Waals surface area contributed by atoms with Crippen LogP contribution in [0.25, 0.3) is 11.1 Å². The Balaban J connectivity index is 2.90. The first kappa shape index (κ1) is 4.83. The molecule has 0 unspecified atom stereocenters. The molecule has 2 rings (SSSR count). The maximum Gasteiger partial charge on any atom is 0.336 e. The highest BCUT2D eigenvalue weighted by atomic mass is 16.4. The van der Waals surface area contributed by atoms with E-state index in [0.29, 0.717) is 0 Å². The smallest absolute Gasteiger partial charge is 0.336 e. The summed E-state index contributed by atoms with van der Waals surface area (Å²) in [6.07, 6.45) is 0. The van der Waals surface area contributed by atoms with Crippen LogP contribution in [0.4, 0.5) is 0 Å². The van der Waals surface area contributed by atoms with E-state index in [0.717, 1.165) is 0 Å². The summed E-state index contributed by atoms with van der Waals surface area (Å²) in [4.78, 5) is 11.3. The summed E-state index contributed by atoms with van der Waals surface area (Å²) in [5.41, 5.74) is -1.08. The molecule has 80 valence electrons. The average molecular weight is 219 g/mol. The fraction of sp³-hybridized carbons (Fsp3) is 0.0714. The van der Waals surface area contributed by atoms with Gasteiger partial charge < -0.3 is 5.11 Å². The van der Waals surface area contributed by atoms with Gasteiger partial charge in [-0.25, -0.2) is 4.79 Å². The molecule has 2 nitrogen and oxygen atoms in total. The van der Waals surface area contributed by atoms with E-state index in [1.807, 2.05) is 0 Å². The van der Waals surface area contributed by atoms with Crippen LogP contribution in [0.5, 0.6) is 0 Å². The summed E-state index contributed by atoms with van der Waals surface area (Å²) in [6.45, 7) is -2.80. The van der Waals surface area contributed by atoms with Crippen LogP contribution >= 0.6 is 0 Å². The van der Waals surface area contributed by atoms with Gasteiger partial charge >= 0.3 is 5.97 Å². The third-order valence-corrected chi connectivity index (χ3v) is 2.05. The fourth-order valence-electron chi connectivity index (χ4n) is 1.33. The van der Waals surface area contributed by atoms with Crippen LogP contribution in [-0.4, -0.2) is 11.1 Å². The number of hydrogen-bond donors (Lipinski definition) is 1. The highest BCUT2D eigenvalue weighted by molar-refractivity contribution is 5.95. The minimum Gasteiger partial charge on any atom is -0.478 e. The molecule has 2 aromatic carbocycles. The van der Waals surface area contributed by atoms with Crippen LogP contribution in [0.15, 0.2) is 48.4 Å². The number of carboxylic acids is 1. The zero-order valence-corrected chi connectivity index (χ0v) is 8.16. The average Bonchev–Trinajstić information content (AvgIpc) is 2.44. The van der Waals surface area contributed by atoms with Crippen LogP contribution in [0.3, 0.4) is 0 Å². The maximum absolute atomic E-state index is 11.3. The van der Waals surface area contributed by atoms with Crippen LogP contribution in [-0.2, 0) is 0 Å². The van der Waals surface area contributed by atoms with E-state index in [9.17, 15) is 9.90 Å². The van der Waals surface area contributed by atoms with Crippen molar-refractivity contribution in [1.29, 1.82) is 0 Å². The predicted molar refractivity (Wildman–Crippen MR) is 63.6 cm³/mol. The largest absolute Gasteiger partial charge is 0.478 e. The van der Waals surface area contributed by atoms with Gasteiger partial charge in [-0.2, -0.15) is 0 Å². The van der Waals surface area contributed by atoms with Crippen LogP contribution < -0.4 is 0 Å². The normalized spacial score (nSPS) is 17.1. The van der Waals surface area contributed by atoms with E-state index in [4.69, 9.17) is 9.60 Å². The van der Waals surface area contributed by atoms with Crippen LogP contribution in [0, 0.1) is 6.85 Å². The van der Waals surface area contributed by atoms with E-state index in [1.54, 1.807) is 0 Å². The lowest BCUT2D eigenvalue weighted by Gasteiger charge is -2.06. The summed E-state index contributed by atoms with van der Waals surface area (Å²) >= 11 is 0. The van der Waals surface area contributed by atoms with Gasteiger partial charge in [-0.15, -0.1) is 0 Å². The van der Waals surface area contributed by atoms with E-state index in [1.165, 1.54) is 24.3 Å². The van der Waals surface area contributed by atoms with Gasteiger partial charge in [0, 0.05) is 4.11 Å². The molecule has 16 heavy (non-hydrogen) atoms. The van der Waals surface area contributed by atoms with Crippen molar-refractivity contribution in [2.45, 2.75) is 6.85 Å². The molecule has 0 atom stereocenters. The first-order valence-electron chi connectivity index (χ1n) is 8.01. The Morgan fingerprint density at radius 3 is 2.56 bits per heavy atom. The van der Waals surface area contributed by atoms with E-state index >= 15 is 0 Å². The molecular formula is C14H12O2. The first-order valence-corrected chi connectivity index (χ1v) is 4.51. The SMILES string of the molecule is [2H]c1c([2H])c(C([2H])([2H])[2H])c([2H])c([2H])c1-c1ccccc1C(=O)O. The Labute approximate surface area is 104 Å². The highest BCUT2D eigenvalue weighted by Crippen LogP contribution is 2.23. The Bertz CT molecular complexity index is 767. The Morgan fingerprint density at radius 1 is 1.25 bits per heavy atom. The third kappa shape index (κ3) is 1.96. The second-order valence-corrected chi connectivity index (χ2v) is 3.10.